The van der Waals surface area contributed by atoms with Crippen molar-refractivity contribution in [3.8, 4) is 0 Å². The fourth-order valence-electron chi connectivity index (χ4n) is 1.62. The minimum absolute atomic E-state index is 0.189. The molecular weight excluding hydrogens is 215 g/mol. The van der Waals surface area contributed by atoms with Crippen LogP contribution in [0.15, 0.2) is 48.8 Å². The molecule has 0 aliphatic heterocycles. The van der Waals surface area contributed by atoms with Crippen LogP contribution in [0.5, 0.6) is 0 Å². The van der Waals surface area contributed by atoms with Crippen molar-refractivity contribution in [3.05, 3.63) is 65.7 Å². The van der Waals surface area contributed by atoms with E-state index in [1.54, 1.807) is 24.5 Å². The number of aromatic nitrogens is 1. The standard InChI is InChI=1S/C14H15FN2/c15-14-3-1-13(2-4-14)11-17-10-7-12-5-8-16-9-6-12/h1-6,8-9,17H,7,10-11H2. The first-order valence-electron chi connectivity index (χ1n) is 5.68. The van der Waals surface area contributed by atoms with Gasteiger partial charge in [-0.05, 0) is 48.4 Å². The first kappa shape index (κ1) is 11.7. The van der Waals surface area contributed by atoms with E-state index in [1.165, 1.54) is 17.7 Å². The Labute approximate surface area is 101 Å². The number of rotatable bonds is 5. The quantitative estimate of drug-likeness (QED) is 0.798. The summed E-state index contributed by atoms with van der Waals surface area (Å²) in [5.41, 5.74) is 2.37. The van der Waals surface area contributed by atoms with E-state index in [9.17, 15) is 4.39 Å². The fourth-order valence-corrected chi connectivity index (χ4v) is 1.62. The maximum atomic E-state index is 12.7. The Morgan fingerprint density at radius 2 is 1.65 bits per heavy atom. The normalized spacial score (nSPS) is 10.4. The summed E-state index contributed by atoms with van der Waals surface area (Å²) >= 11 is 0. The molecule has 1 N–H and O–H groups in total. The summed E-state index contributed by atoms with van der Waals surface area (Å²) in [6.45, 7) is 1.67. The van der Waals surface area contributed by atoms with E-state index in [0.29, 0.717) is 0 Å². The molecule has 1 aromatic heterocycles. The molecule has 2 nitrogen and oxygen atoms in total. The van der Waals surface area contributed by atoms with E-state index in [1.807, 2.05) is 12.1 Å². The fraction of sp³-hybridized carbons (Fsp3) is 0.214. The molecular formula is C14H15FN2. The number of hydrogen-bond acceptors (Lipinski definition) is 2. The molecule has 0 saturated carbocycles. The summed E-state index contributed by atoms with van der Waals surface area (Å²) in [5.74, 6) is -0.189. The van der Waals surface area contributed by atoms with Gasteiger partial charge in [0.05, 0.1) is 0 Å². The molecule has 1 aromatic carbocycles. The number of nitrogens with zero attached hydrogens (tertiary/aromatic N) is 1. The highest BCUT2D eigenvalue weighted by Gasteiger charge is 1.94. The molecule has 2 aromatic rings. The number of nitrogens with one attached hydrogen (secondary N) is 1. The summed E-state index contributed by atoms with van der Waals surface area (Å²) in [7, 11) is 0. The van der Waals surface area contributed by atoms with Crippen molar-refractivity contribution >= 4 is 0 Å². The van der Waals surface area contributed by atoms with Crippen LogP contribution in [0.4, 0.5) is 4.39 Å². The van der Waals surface area contributed by atoms with E-state index in [2.05, 4.69) is 10.3 Å². The molecule has 0 aliphatic carbocycles. The van der Waals surface area contributed by atoms with Gasteiger partial charge in [0.1, 0.15) is 5.82 Å². The smallest absolute Gasteiger partial charge is 0.123 e. The third-order valence-electron chi connectivity index (χ3n) is 2.58. The summed E-state index contributed by atoms with van der Waals surface area (Å²) in [6, 6.07) is 10.6. The van der Waals surface area contributed by atoms with Crippen molar-refractivity contribution in [2.24, 2.45) is 0 Å². The molecule has 2 rings (SSSR count). The van der Waals surface area contributed by atoms with Gasteiger partial charge in [0, 0.05) is 18.9 Å². The number of pyridine rings is 1. The highest BCUT2D eigenvalue weighted by Crippen LogP contribution is 2.02. The van der Waals surface area contributed by atoms with E-state index < -0.39 is 0 Å². The first-order chi connectivity index (χ1) is 8.34. The van der Waals surface area contributed by atoms with E-state index in [-0.39, 0.29) is 5.82 Å². The zero-order chi connectivity index (χ0) is 11.9. The van der Waals surface area contributed by atoms with Crippen LogP contribution in [0, 0.1) is 5.82 Å². The van der Waals surface area contributed by atoms with Crippen LogP contribution < -0.4 is 5.32 Å². The molecule has 88 valence electrons. The molecule has 0 bridgehead atoms. The second-order valence-electron chi connectivity index (χ2n) is 3.91. The molecule has 0 atom stereocenters. The summed E-state index contributed by atoms with van der Waals surface area (Å²) < 4.78 is 12.7. The molecule has 0 unspecified atom stereocenters. The van der Waals surface area contributed by atoms with Gasteiger partial charge in [-0.15, -0.1) is 0 Å². The molecule has 0 spiro atoms. The summed E-state index contributed by atoms with van der Waals surface area (Å²) in [5, 5.41) is 3.33. The van der Waals surface area contributed by atoms with Crippen molar-refractivity contribution in [1.82, 2.24) is 10.3 Å². The minimum atomic E-state index is -0.189. The van der Waals surface area contributed by atoms with Crippen molar-refractivity contribution in [3.63, 3.8) is 0 Å². The Kier molecular flexibility index (Phi) is 4.22. The molecule has 3 heteroatoms. The van der Waals surface area contributed by atoms with Gasteiger partial charge < -0.3 is 5.32 Å². The Balaban J connectivity index is 1.71. The molecule has 1 heterocycles. The van der Waals surface area contributed by atoms with Gasteiger partial charge in [0.15, 0.2) is 0 Å². The lowest BCUT2D eigenvalue weighted by atomic mass is 10.2. The maximum absolute atomic E-state index is 12.7. The molecule has 17 heavy (non-hydrogen) atoms. The lowest BCUT2D eigenvalue weighted by molar-refractivity contribution is 0.625. The second-order valence-corrected chi connectivity index (χ2v) is 3.91. The lowest BCUT2D eigenvalue weighted by Crippen LogP contribution is -2.16. The molecule has 0 saturated heterocycles. The third kappa shape index (κ3) is 3.96. The number of hydrogen-bond donors (Lipinski definition) is 1. The van der Waals surface area contributed by atoms with E-state index >= 15 is 0 Å². The first-order valence-corrected chi connectivity index (χ1v) is 5.68. The van der Waals surface area contributed by atoms with Crippen LogP contribution in [0.2, 0.25) is 0 Å². The van der Waals surface area contributed by atoms with Gasteiger partial charge in [-0.25, -0.2) is 4.39 Å². The van der Waals surface area contributed by atoms with Gasteiger partial charge in [-0.1, -0.05) is 12.1 Å². The predicted octanol–water partition coefficient (Wildman–Crippen LogP) is 2.55. The maximum Gasteiger partial charge on any atom is 0.123 e. The Hall–Kier alpha value is -1.74. The lowest BCUT2D eigenvalue weighted by Gasteiger charge is -2.04. The van der Waals surface area contributed by atoms with Crippen LogP contribution in [-0.4, -0.2) is 11.5 Å². The van der Waals surface area contributed by atoms with Crippen LogP contribution in [-0.2, 0) is 13.0 Å². The van der Waals surface area contributed by atoms with Gasteiger partial charge in [0.2, 0.25) is 0 Å². The number of benzene rings is 1. The van der Waals surface area contributed by atoms with Crippen molar-refractivity contribution in [2.45, 2.75) is 13.0 Å². The van der Waals surface area contributed by atoms with Crippen molar-refractivity contribution in [1.29, 1.82) is 0 Å². The zero-order valence-electron chi connectivity index (χ0n) is 9.57. The SMILES string of the molecule is Fc1ccc(CNCCc2ccncc2)cc1. The molecule has 0 radical (unpaired) electrons. The van der Waals surface area contributed by atoms with Crippen LogP contribution in [0.1, 0.15) is 11.1 Å². The second kappa shape index (κ2) is 6.11. The third-order valence-corrected chi connectivity index (χ3v) is 2.58. The van der Waals surface area contributed by atoms with Crippen LogP contribution in [0.25, 0.3) is 0 Å². The summed E-state index contributed by atoms with van der Waals surface area (Å²) in [4.78, 5) is 3.97. The number of halogens is 1. The average Bonchev–Trinajstić information content (AvgIpc) is 2.38. The monoisotopic (exact) mass is 230 g/mol. The van der Waals surface area contributed by atoms with Gasteiger partial charge in [-0.3, -0.25) is 4.98 Å². The van der Waals surface area contributed by atoms with E-state index in [0.717, 1.165) is 25.1 Å². The van der Waals surface area contributed by atoms with Crippen LogP contribution in [0.3, 0.4) is 0 Å². The van der Waals surface area contributed by atoms with Crippen LogP contribution >= 0.6 is 0 Å². The minimum Gasteiger partial charge on any atom is -0.312 e. The topological polar surface area (TPSA) is 24.9 Å². The Morgan fingerprint density at radius 1 is 0.941 bits per heavy atom. The van der Waals surface area contributed by atoms with Crippen molar-refractivity contribution < 1.29 is 4.39 Å². The molecule has 0 amide bonds. The molecule has 0 fully saturated rings. The largest absolute Gasteiger partial charge is 0.312 e. The highest BCUT2D eigenvalue weighted by atomic mass is 19.1. The molecule has 0 aliphatic rings. The average molecular weight is 230 g/mol. The summed E-state index contributed by atoms with van der Waals surface area (Å²) in [6.07, 6.45) is 4.58. The Morgan fingerprint density at radius 3 is 2.35 bits per heavy atom. The predicted molar refractivity (Wildman–Crippen MR) is 66.0 cm³/mol. The van der Waals surface area contributed by atoms with Gasteiger partial charge in [0.25, 0.3) is 0 Å². The Bertz CT molecular complexity index is 440. The van der Waals surface area contributed by atoms with Gasteiger partial charge >= 0.3 is 0 Å². The highest BCUT2D eigenvalue weighted by molar-refractivity contribution is 5.16. The van der Waals surface area contributed by atoms with Crippen molar-refractivity contribution in [2.75, 3.05) is 6.54 Å². The van der Waals surface area contributed by atoms with Gasteiger partial charge in [-0.2, -0.15) is 0 Å². The van der Waals surface area contributed by atoms with E-state index in [4.69, 9.17) is 0 Å². The zero-order valence-corrected chi connectivity index (χ0v) is 9.57.